The summed E-state index contributed by atoms with van der Waals surface area (Å²) in [5.41, 5.74) is 1.49. The van der Waals surface area contributed by atoms with Crippen LogP contribution in [-0.4, -0.2) is 42.1 Å². The molecule has 1 atom stereocenters. The Balaban J connectivity index is 1.97. The number of esters is 1. The Morgan fingerprint density at radius 1 is 1.43 bits per heavy atom. The van der Waals surface area contributed by atoms with Crippen LogP contribution in [0.25, 0.3) is 0 Å². The molecule has 1 aromatic rings. The second-order valence-corrected chi connectivity index (χ2v) is 5.97. The van der Waals surface area contributed by atoms with Crippen molar-refractivity contribution in [2.45, 2.75) is 11.3 Å². The van der Waals surface area contributed by atoms with Gasteiger partial charge in [0.1, 0.15) is 0 Å². The fourth-order valence-electron chi connectivity index (χ4n) is 2.71. The predicted octanol–water partition coefficient (Wildman–Crippen LogP) is 0.930. The van der Waals surface area contributed by atoms with Crippen LogP contribution < -0.4 is 5.32 Å². The first-order chi connectivity index (χ1) is 10.1. The zero-order valence-corrected chi connectivity index (χ0v) is 12.2. The molecule has 0 bridgehead atoms. The summed E-state index contributed by atoms with van der Waals surface area (Å²) >= 11 is 1.29. The van der Waals surface area contributed by atoms with E-state index in [9.17, 15) is 14.4 Å². The number of anilines is 1. The van der Waals surface area contributed by atoms with Crippen molar-refractivity contribution in [1.29, 1.82) is 0 Å². The molecule has 0 radical (unpaired) electrons. The van der Waals surface area contributed by atoms with E-state index >= 15 is 0 Å². The Kier molecular flexibility index (Phi) is 3.36. The van der Waals surface area contributed by atoms with Crippen LogP contribution in [-0.2, 0) is 24.0 Å². The van der Waals surface area contributed by atoms with Gasteiger partial charge in [-0.2, -0.15) is 0 Å². The van der Waals surface area contributed by atoms with E-state index in [0.29, 0.717) is 5.69 Å². The number of thioether (sulfide) groups is 1. The summed E-state index contributed by atoms with van der Waals surface area (Å²) in [5.74, 6) is -0.551. The molecule has 0 aliphatic carbocycles. The first kappa shape index (κ1) is 13.9. The highest BCUT2D eigenvalue weighted by Gasteiger charge is 2.57. The highest BCUT2D eigenvalue weighted by molar-refractivity contribution is 8.02. The topological polar surface area (TPSA) is 75.7 Å². The quantitative estimate of drug-likeness (QED) is 0.841. The van der Waals surface area contributed by atoms with Crippen molar-refractivity contribution in [3.8, 4) is 0 Å². The molecule has 6 nitrogen and oxygen atoms in total. The minimum atomic E-state index is -1.05. The number of hydrogen-bond acceptors (Lipinski definition) is 5. The van der Waals surface area contributed by atoms with Crippen molar-refractivity contribution < 1.29 is 19.1 Å². The number of hydrogen-bond donors (Lipinski definition) is 1. The third-order valence-electron chi connectivity index (χ3n) is 3.70. The number of methoxy groups -OCH3 is 1. The second kappa shape index (κ2) is 5.07. The summed E-state index contributed by atoms with van der Waals surface area (Å²) in [6.45, 7) is 0.167. The molecular weight excluding hydrogens is 292 g/mol. The van der Waals surface area contributed by atoms with Crippen LogP contribution in [0.5, 0.6) is 0 Å². The Bertz CT molecular complexity index is 633. The van der Waals surface area contributed by atoms with Crippen LogP contribution in [0.15, 0.2) is 24.3 Å². The van der Waals surface area contributed by atoms with Gasteiger partial charge in [-0.25, -0.2) is 0 Å². The molecule has 0 unspecified atom stereocenters. The van der Waals surface area contributed by atoms with E-state index < -0.39 is 10.8 Å². The number of nitrogens with zero attached hydrogens (tertiary/aromatic N) is 1. The predicted molar refractivity (Wildman–Crippen MR) is 77.6 cm³/mol. The molecule has 110 valence electrons. The van der Waals surface area contributed by atoms with Gasteiger partial charge in [0.05, 0.1) is 19.3 Å². The zero-order valence-electron chi connectivity index (χ0n) is 11.4. The Labute approximate surface area is 125 Å². The van der Waals surface area contributed by atoms with Crippen molar-refractivity contribution in [3.63, 3.8) is 0 Å². The molecule has 1 saturated heterocycles. The fourth-order valence-corrected chi connectivity index (χ4v) is 4.07. The van der Waals surface area contributed by atoms with Crippen molar-refractivity contribution in [3.05, 3.63) is 29.8 Å². The SMILES string of the molecule is COC(=O)CCN1C(=O)CS[C@]12C(=O)Nc1ccccc12. The summed E-state index contributed by atoms with van der Waals surface area (Å²) in [6.07, 6.45) is 0.0694. The van der Waals surface area contributed by atoms with Crippen LogP contribution in [0.3, 0.4) is 0 Å². The van der Waals surface area contributed by atoms with E-state index in [1.165, 1.54) is 23.8 Å². The Morgan fingerprint density at radius 3 is 2.95 bits per heavy atom. The van der Waals surface area contributed by atoms with E-state index in [2.05, 4.69) is 10.1 Å². The van der Waals surface area contributed by atoms with Crippen molar-refractivity contribution >= 4 is 35.2 Å². The fraction of sp³-hybridized carbons (Fsp3) is 0.357. The lowest BCUT2D eigenvalue weighted by atomic mass is 10.1. The summed E-state index contributed by atoms with van der Waals surface area (Å²) in [7, 11) is 1.30. The monoisotopic (exact) mass is 306 g/mol. The molecule has 0 aromatic heterocycles. The third-order valence-corrected chi connectivity index (χ3v) is 5.14. The van der Waals surface area contributed by atoms with Crippen LogP contribution in [0.1, 0.15) is 12.0 Å². The molecule has 2 heterocycles. The molecule has 1 spiro atoms. The van der Waals surface area contributed by atoms with Gasteiger partial charge in [-0.1, -0.05) is 18.2 Å². The lowest BCUT2D eigenvalue weighted by Crippen LogP contribution is -2.47. The molecule has 2 aliphatic heterocycles. The van der Waals surface area contributed by atoms with Gasteiger partial charge in [0, 0.05) is 17.8 Å². The maximum absolute atomic E-state index is 12.5. The van der Waals surface area contributed by atoms with Gasteiger partial charge in [-0.05, 0) is 6.07 Å². The summed E-state index contributed by atoms with van der Waals surface area (Å²) in [4.78, 5) is 36.4. The molecular formula is C14H14N2O4S. The van der Waals surface area contributed by atoms with E-state index in [1.807, 2.05) is 24.3 Å². The molecule has 3 rings (SSSR count). The maximum Gasteiger partial charge on any atom is 0.307 e. The number of carbonyl (C=O) groups excluding carboxylic acids is 3. The van der Waals surface area contributed by atoms with Crippen molar-refractivity contribution in [2.75, 3.05) is 24.7 Å². The van der Waals surface area contributed by atoms with Crippen molar-refractivity contribution in [2.24, 2.45) is 0 Å². The van der Waals surface area contributed by atoms with Gasteiger partial charge in [0.2, 0.25) is 5.91 Å². The van der Waals surface area contributed by atoms with Crippen LogP contribution in [0.4, 0.5) is 5.69 Å². The van der Waals surface area contributed by atoms with Crippen LogP contribution >= 0.6 is 11.8 Å². The van der Waals surface area contributed by atoms with Crippen LogP contribution in [0.2, 0.25) is 0 Å². The minimum Gasteiger partial charge on any atom is -0.469 e. The smallest absolute Gasteiger partial charge is 0.307 e. The normalized spacial score (nSPS) is 23.4. The number of benzene rings is 1. The highest BCUT2D eigenvalue weighted by atomic mass is 32.2. The van der Waals surface area contributed by atoms with Gasteiger partial charge in [-0.15, -0.1) is 11.8 Å². The van der Waals surface area contributed by atoms with Crippen molar-refractivity contribution in [1.82, 2.24) is 4.90 Å². The largest absolute Gasteiger partial charge is 0.469 e. The maximum atomic E-state index is 12.5. The zero-order chi connectivity index (χ0) is 15.0. The highest BCUT2D eigenvalue weighted by Crippen LogP contribution is 2.51. The molecule has 7 heteroatoms. The first-order valence-corrected chi connectivity index (χ1v) is 7.50. The molecule has 0 saturated carbocycles. The summed E-state index contributed by atoms with van der Waals surface area (Å²) in [6, 6.07) is 7.31. The van der Waals surface area contributed by atoms with Gasteiger partial charge in [0.25, 0.3) is 5.91 Å². The lowest BCUT2D eigenvalue weighted by Gasteiger charge is -2.31. The molecule has 21 heavy (non-hydrogen) atoms. The number of fused-ring (bicyclic) bond motifs is 2. The average Bonchev–Trinajstić information content (AvgIpc) is 2.97. The van der Waals surface area contributed by atoms with Gasteiger partial charge >= 0.3 is 5.97 Å². The first-order valence-electron chi connectivity index (χ1n) is 6.52. The Morgan fingerprint density at radius 2 is 2.19 bits per heavy atom. The number of para-hydroxylation sites is 1. The number of amides is 2. The van der Waals surface area contributed by atoms with Gasteiger partial charge in [0.15, 0.2) is 4.87 Å². The van der Waals surface area contributed by atoms with Crippen LogP contribution in [0, 0.1) is 0 Å². The summed E-state index contributed by atoms with van der Waals surface area (Å²) in [5, 5.41) is 2.81. The summed E-state index contributed by atoms with van der Waals surface area (Å²) < 4.78 is 4.61. The molecule has 2 aliphatic rings. The molecule has 1 aromatic carbocycles. The third kappa shape index (κ3) is 1.99. The van der Waals surface area contributed by atoms with E-state index in [-0.39, 0.29) is 30.5 Å². The molecule has 1 fully saturated rings. The minimum absolute atomic E-state index is 0.0694. The van der Waals surface area contributed by atoms with E-state index in [1.54, 1.807) is 0 Å². The Hall–Kier alpha value is -2.02. The average molecular weight is 306 g/mol. The van der Waals surface area contributed by atoms with E-state index in [4.69, 9.17) is 0 Å². The second-order valence-electron chi connectivity index (χ2n) is 4.80. The van der Waals surface area contributed by atoms with Gasteiger partial charge < -0.3 is 15.0 Å². The van der Waals surface area contributed by atoms with E-state index in [0.717, 1.165) is 5.56 Å². The number of carbonyl (C=O) groups is 3. The molecule has 1 N–H and O–H groups in total. The molecule has 2 amide bonds. The van der Waals surface area contributed by atoms with Gasteiger partial charge in [-0.3, -0.25) is 14.4 Å². The number of nitrogens with one attached hydrogen (secondary N) is 1. The number of ether oxygens (including phenoxy) is 1. The standard InChI is InChI=1S/C14H14N2O4S/c1-20-12(18)6-7-16-11(17)8-21-14(16)9-4-2-3-5-10(9)15-13(14)19/h2-5H,6-8H2,1H3,(H,15,19)/t14-/m1/s1. The number of rotatable bonds is 3. The lowest BCUT2D eigenvalue weighted by molar-refractivity contribution is -0.143.